The van der Waals surface area contributed by atoms with Crippen molar-refractivity contribution in [2.75, 3.05) is 4.90 Å². The molecule has 5 nitrogen and oxygen atoms in total. The SMILES string of the molecule is O=C(C[C@]1(O)C(=O)N(Cc2cccs2)c2ccc(Cl)cc21)c1cccnc1. The van der Waals surface area contributed by atoms with Crippen LogP contribution in [0.1, 0.15) is 27.2 Å². The van der Waals surface area contributed by atoms with Crippen LogP contribution in [0.4, 0.5) is 5.69 Å². The molecule has 0 bridgehead atoms. The van der Waals surface area contributed by atoms with Crippen LogP contribution in [0.3, 0.4) is 0 Å². The van der Waals surface area contributed by atoms with E-state index in [0.29, 0.717) is 28.4 Å². The van der Waals surface area contributed by atoms with Gasteiger partial charge in [0.25, 0.3) is 5.91 Å². The normalized spacial score (nSPS) is 18.6. The molecule has 136 valence electrons. The predicted octanol–water partition coefficient (Wildman–Crippen LogP) is 3.80. The molecule has 3 aromatic rings. The smallest absolute Gasteiger partial charge is 0.264 e. The fraction of sp³-hybridized carbons (Fsp3) is 0.150. The molecule has 0 aliphatic carbocycles. The molecular formula is C20H15ClN2O3S. The van der Waals surface area contributed by atoms with E-state index < -0.39 is 11.5 Å². The number of nitrogens with zero attached hydrogens (tertiary/aromatic N) is 2. The summed E-state index contributed by atoms with van der Waals surface area (Å²) in [5, 5.41) is 13.6. The van der Waals surface area contributed by atoms with Crippen molar-refractivity contribution in [1.82, 2.24) is 4.98 Å². The number of carbonyl (C=O) groups is 2. The van der Waals surface area contributed by atoms with E-state index in [0.717, 1.165) is 4.88 Å². The van der Waals surface area contributed by atoms with E-state index in [-0.39, 0.29) is 12.2 Å². The van der Waals surface area contributed by atoms with Gasteiger partial charge >= 0.3 is 0 Å². The molecule has 7 heteroatoms. The number of aromatic nitrogens is 1. The van der Waals surface area contributed by atoms with E-state index >= 15 is 0 Å². The number of hydrogen-bond acceptors (Lipinski definition) is 5. The number of rotatable bonds is 5. The number of hydrogen-bond donors (Lipinski definition) is 1. The number of thiophene rings is 1. The molecule has 1 aromatic carbocycles. The minimum absolute atomic E-state index is 0.328. The van der Waals surface area contributed by atoms with E-state index in [4.69, 9.17) is 11.6 Å². The number of Topliss-reactive ketones (excluding diaryl/α,β-unsaturated/α-hetero) is 1. The second-order valence-electron chi connectivity index (χ2n) is 6.33. The highest BCUT2D eigenvalue weighted by Crippen LogP contribution is 2.44. The molecule has 1 atom stereocenters. The summed E-state index contributed by atoms with van der Waals surface area (Å²) in [4.78, 5) is 32.2. The van der Waals surface area contributed by atoms with Gasteiger partial charge in [-0.05, 0) is 41.8 Å². The number of aliphatic hydroxyl groups is 1. The number of fused-ring (bicyclic) bond motifs is 1. The summed E-state index contributed by atoms with van der Waals surface area (Å²) in [6, 6.07) is 12.0. The maximum absolute atomic E-state index is 13.2. The van der Waals surface area contributed by atoms with Gasteiger partial charge in [-0.15, -0.1) is 11.3 Å². The molecule has 0 saturated carbocycles. The first kappa shape index (κ1) is 17.9. The summed E-state index contributed by atoms with van der Waals surface area (Å²) in [7, 11) is 0. The van der Waals surface area contributed by atoms with Crippen molar-refractivity contribution in [2.45, 2.75) is 18.6 Å². The minimum Gasteiger partial charge on any atom is -0.375 e. The van der Waals surface area contributed by atoms with Crippen molar-refractivity contribution in [3.8, 4) is 0 Å². The Hall–Kier alpha value is -2.54. The maximum atomic E-state index is 13.2. The van der Waals surface area contributed by atoms with Gasteiger partial charge in [-0.2, -0.15) is 0 Å². The van der Waals surface area contributed by atoms with Gasteiger partial charge < -0.3 is 10.0 Å². The van der Waals surface area contributed by atoms with Crippen LogP contribution in [0.5, 0.6) is 0 Å². The highest BCUT2D eigenvalue weighted by atomic mass is 35.5. The zero-order chi connectivity index (χ0) is 19.0. The number of amides is 1. The van der Waals surface area contributed by atoms with Crippen molar-refractivity contribution in [1.29, 1.82) is 0 Å². The molecule has 1 aliphatic rings. The van der Waals surface area contributed by atoms with Crippen molar-refractivity contribution >= 4 is 40.3 Å². The van der Waals surface area contributed by atoms with Crippen molar-refractivity contribution in [2.24, 2.45) is 0 Å². The molecule has 1 N–H and O–H groups in total. The molecule has 1 aliphatic heterocycles. The molecule has 1 amide bonds. The van der Waals surface area contributed by atoms with Gasteiger partial charge in [0.05, 0.1) is 18.7 Å². The van der Waals surface area contributed by atoms with Crippen LogP contribution in [0.15, 0.2) is 60.2 Å². The molecule has 3 heterocycles. The van der Waals surface area contributed by atoms with Crippen molar-refractivity contribution in [3.63, 3.8) is 0 Å². The molecular weight excluding hydrogens is 384 g/mol. The molecule has 27 heavy (non-hydrogen) atoms. The topological polar surface area (TPSA) is 70.5 Å². The zero-order valence-electron chi connectivity index (χ0n) is 14.1. The Morgan fingerprint density at radius 1 is 1.26 bits per heavy atom. The van der Waals surface area contributed by atoms with Gasteiger partial charge in [0.15, 0.2) is 11.4 Å². The first-order chi connectivity index (χ1) is 13.0. The van der Waals surface area contributed by atoms with Crippen molar-refractivity contribution in [3.05, 3.63) is 81.3 Å². The Morgan fingerprint density at radius 3 is 2.81 bits per heavy atom. The largest absolute Gasteiger partial charge is 0.375 e. The van der Waals surface area contributed by atoms with Crippen LogP contribution in [-0.2, 0) is 16.9 Å². The van der Waals surface area contributed by atoms with Crippen LogP contribution >= 0.6 is 22.9 Å². The fourth-order valence-electron chi connectivity index (χ4n) is 3.27. The third-order valence-corrected chi connectivity index (χ3v) is 5.68. The standard InChI is InChI=1S/C20H15ClN2O3S/c21-14-5-6-17-16(9-14)20(26,10-18(24)13-3-1-7-22-11-13)19(25)23(17)12-15-4-2-8-27-15/h1-9,11,26H,10,12H2/t20-/m1/s1. The summed E-state index contributed by atoms with van der Waals surface area (Å²) >= 11 is 7.63. The average Bonchev–Trinajstić information content (AvgIpc) is 3.25. The van der Waals surface area contributed by atoms with Crippen molar-refractivity contribution < 1.29 is 14.7 Å². The Bertz CT molecular complexity index is 1010. The molecule has 0 fully saturated rings. The number of benzene rings is 1. The summed E-state index contributed by atoms with van der Waals surface area (Å²) in [5.74, 6) is -0.881. The minimum atomic E-state index is -1.95. The van der Waals surface area contributed by atoms with Crippen LogP contribution in [-0.4, -0.2) is 21.8 Å². The zero-order valence-corrected chi connectivity index (χ0v) is 15.7. The molecule has 0 saturated heterocycles. The maximum Gasteiger partial charge on any atom is 0.264 e. The number of anilines is 1. The Balaban J connectivity index is 1.73. The van der Waals surface area contributed by atoms with Crippen LogP contribution in [0, 0.1) is 0 Å². The summed E-state index contributed by atoms with van der Waals surface area (Å²) in [6.45, 7) is 0.328. The third-order valence-electron chi connectivity index (χ3n) is 4.59. The quantitative estimate of drug-likeness (QED) is 0.663. The number of ketones is 1. The van der Waals surface area contributed by atoms with Crippen LogP contribution < -0.4 is 4.90 Å². The van der Waals surface area contributed by atoms with E-state index in [1.165, 1.54) is 22.4 Å². The second kappa shape index (κ2) is 6.88. The number of pyridine rings is 1. The summed E-state index contributed by atoms with van der Waals surface area (Å²) in [5.41, 5.74) is -0.683. The molecule has 4 rings (SSSR count). The third kappa shape index (κ3) is 3.16. The Kier molecular flexibility index (Phi) is 4.55. The highest BCUT2D eigenvalue weighted by molar-refractivity contribution is 7.09. The Morgan fingerprint density at radius 2 is 2.11 bits per heavy atom. The van der Waals surface area contributed by atoms with Gasteiger partial charge in [-0.3, -0.25) is 14.6 Å². The highest BCUT2D eigenvalue weighted by Gasteiger charge is 2.51. The summed E-state index contributed by atoms with van der Waals surface area (Å²) in [6.07, 6.45) is 2.61. The average molecular weight is 399 g/mol. The molecule has 0 unspecified atom stereocenters. The molecule has 0 spiro atoms. The van der Waals surface area contributed by atoms with E-state index in [2.05, 4.69) is 4.98 Å². The first-order valence-electron chi connectivity index (χ1n) is 8.29. The van der Waals surface area contributed by atoms with Gasteiger partial charge in [0, 0.05) is 33.4 Å². The lowest BCUT2D eigenvalue weighted by atomic mass is 9.88. The lowest BCUT2D eigenvalue weighted by Gasteiger charge is -2.22. The van der Waals surface area contributed by atoms with Gasteiger partial charge in [0.1, 0.15) is 0 Å². The fourth-order valence-corrected chi connectivity index (χ4v) is 4.14. The predicted molar refractivity (Wildman–Crippen MR) is 104 cm³/mol. The van der Waals surface area contributed by atoms with Gasteiger partial charge in [-0.1, -0.05) is 17.7 Å². The van der Waals surface area contributed by atoms with Gasteiger partial charge in [0.2, 0.25) is 0 Å². The van der Waals surface area contributed by atoms with Crippen LogP contribution in [0.25, 0.3) is 0 Å². The van der Waals surface area contributed by atoms with E-state index in [1.54, 1.807) is 36.5 Å². The number of carbonyl (C=O) groups excluding carboxylic acids is 2. The lowest BCUT2D eigenvalue weighted by Crippen LogP contribution is -2.41. The number of halogens is 1. The van der Waals surface area contributed by atoms with Gasteiger partial charge in [-0.25, -0.2) is 0 Å². The first-order valence-corrected chi connectivity index (χ1v) is 9.55. The Labute approximate surface area is 164 Å². The molecule has 2 aromatic heterocycles. The molecule has 0 radical (unpaired) electrons. The van der Waals surface area contributed by atoms with E-state index in [1.807, 2.05) is 17.5 Å². The monoisotopic (exact) mass is 398 g/mol. The summed E-state index contributed by atoms with van der Waals surface area (Å²) < 4.78 is 0. The second-order valence-corrected chi connectivity index (χ2v) is 7.80. The lowest BCUT2D eigenvalue weighted by molar-refractivity contribution is -0.136. The van der Waals surface area contributed by atoms with E-state index in [9.17, 15) is 14.7 Å². The van der Waals surface area contributed by atoms with Crippen LogP contribution in [0.2, 0.25) is 5.02 Å².